The van der Waals surface area contributed by atoms with Crippen LogP contribution < -0.4 is 4.74 Å². The first kappa shape index (κ1) is 29.6. The van der Waals surface area contributed by atoms with Crippen molar-refractivity contribution in [1.29, 1.82) is 0 Å². The number of para-hydroxylation sites is 1. The SMILES string of the molecule is COC(=O)c1ccccc1CN(CCCCC(=O)O)CCc1ccccc1OCc1ccc(-c2ccccc2)cc1. The number of methoxy groups -OCH3 is 1. The Morgan fingerprint density at radius 1 is 0.732 bits per heavy atom. The topological polar surface area (TPSA) is 76.1 Å². The highest BCUT2D eigenvalue weighted by atomic mass is 16.5. The van der Waals surface area contributed by atoms with Crippen molar-refractivity contribution in [3.63, 3.8) is 0 Å². The maximum atomic E-state index is 12.3. The molecular weight excluding hydrogens is 514 g/mol. The zero-order valence-electron chi connectivity index (χ0n) is 23.5. The lowest BCUT2D eigenvalue weighted by molar-refractivity contribution is -0.137. The van der Waals surface area contributed by atoms with Crippen molar-refractivity contribution in [1.82, 2.24) is 4.90 Å². The molecule has 0 bridgehead atoms. The number of rotatable bonds is 15. The lowest BCUT2D eigenvalue weighted by Crippen LogP contribution is -2.28. The summed E-state index contributed by atoms with van der Waals surface area (Å²) in [7, 11) is 1.39. The van der Waals surface area contributed by atoms with E-state index in [-0.39, 0.29) is 12.4 Å². The number of esters is 1. The van der Waals surface area contributed by atoms with Gasteiger partial charge in [0.2, 0.25) is 0 Å². The van der Waals surface area contributed by atoms with Crippen LogP contribution in [-0.4, -0.2) is 42.1 Å². The summed E-state index contributed by atoms with van der Waals surface area (Å²) in [5.74, 6) is -0.296. The molecule has 6 nitrogen and oxygen atoms in total. The van der Waals surface area contributed by atoms with Crippen LogP contribution in [0.25, 0.3) is 11.1 Å². The molecule has 1 N–H and O–H groups in total. The number of nitrogens with zero attached hydrogens (tertiary/aromatic N) is 1. The molecule has 0 aliphatic heterocycles. The summed E-state index contributed by atoms with van der Waals surface area (Å²) in [6, 6.07) is 34.3. The number of hydrogen-bond acceptors (Lipinski definition) is 5. The lowest BCUT2D eigenvalue weighted by atomic mass is 10.0. The third kappa shape index (κ3) is 9.05. The normalized spacial score (nSPS) is 10.9. The van der Waals surface area contributed by atoms with Crippen molar-refractivity contribution in [2.24, 2.45) is 0 Å². The zero-order chi connectivity index (χ0) is 28.9. The minimum atomic E-state index is -0.784. The molecule has 0 spiro atoms. The van der Waals surface area contributed by atoms with Crippen LogP contribution in [0.5, 0.6) is 5.75 Å². The van der Waals surface area contributed by atoms with Gasteiger partial charge in [0.05, 0.1) is 12.7 Å². The van der Waals surface area contributed by atoms with E-state index in [1.54, 1.807) is 6.07 Å². The molecule has 0 aromatic heterocycles. The number of carboxylic acids is 1. The second-order valence-corrected chi connectivity index (χ2v) is 9.99. The number of carbonyl (C=O) groups is 2. The quantitative estimate of drug-likeness (QED) is 0.126. The van der Waals surface area contributed by atoms with Crippen LogP contribution in [0.4, 0.5) is 0 Å². The summed E-state index contributed by atoms with van der Waals surface area (Å²) in [6.07, 6.45) is 2.26. The molecule has 0 atom stereocenters. The van der Waals surface area contributed by atoms with Crippen LogP contribution in [0.3, 0.4) is 0 Å². The molecule has 41 heavy (non-hydrogen) atoms. The minimum Gasteiger partial charge on any atom is -0.489 e. The van der Waals surface area contributed by atoms with Gasteiger partial charge in [0.25, 0.3) is 0 Å². The maximum absolute atomic E-state index is 12.3. The van der Waals surface area contributed by atoms with Crippen molar-refractivity contribution < 1.29 is 24.2 Å². The van der Waals surface area contributed by atoms with E-state index < -0.39 is 5.97 Å². The van der Waals surface area contributed by atoms with Crippen LogP contribution >= 0.6 is 0 Å². The molecule has 0 heterocycles. The Labute approximate surface area is 242 Å². The van der Waals surface area contributed by atoms with Gasteiger partial charge in [-0.25, -0.2) is 4.79 Å². The Hall–Kier alpha value is -4.42. The van der Waals surface area contributed by atoms with Crippen molar-refractivity contribution >= 4 is 11.9 Å². The van der Waals surface area contributed by atoms with E-state index in [1.165, 1.54) is 18.2 Å². The van der Waals surface area contributed by atoms with Crippen LogP contribution in [-0.2, 0) is 29.1 Å². The predicted molar refractivity (Wildman–Crippen MR) is 161 cm³/mol. The van der Waals surface area contributed by atoms with Crippen molar-refractivity contribution in [3.8, 4) is 16.9 Å². The summed E-state index contributed by atoms with van der Waals surface area (Å²) >= 11 is 0. The molecule has 4 aromatic carbocycles. The molecule has 0 aliphatic carbocycles. The largest absolute Gasteiger partial charge is 0.489 e. The van der Waals surface area contributed by atoms with E-state index in [0.717, 1.165) is 48.4 Å². The third-order valence-electron chi connectivity index (χ3n) is 7.06. The highest BCUT2D eigenvalue weighted by Gasteiger charge is 2.15. The Bertz CT molecular complexity index is 1400. The van der Waals surface area contributed by atoms with E-state index in [4.69, 9.17) is 14.6 Å². The second kappa shape index (κ2) is 15.4. The van der Waals surface area contributed by atoms with Crippen LogP contribution in [0.2, 0.25) is 0 Å². The first-order valence-electron chi connectivity index (χ1n) is 14.0. The molecule has 0 aliphatic rings. The van der Waals surface area contributed by atoms with E-state index in [9.17, 15) is 9.59 Å². The van der Waals surface area contributed by atoms with Gasteiger partial charge in [0.1, 0.15) is 12.4 Å². The number of ether oxygens (including phenoxy) is 2. The number of carbonyl (C=O) groups excluding carboxylic acids is 1. The number of carboxylic acid groups (broad SMARTS) is 1. The molecule has 0 fully saturated rings. The van der Waals surface area contributed by atoms with Gasteiger partial charge in [-0.1, -0.05) is 91.0 Å². The Kier molecular flexibility index (Phi) is 11.1. The minimum absolute atomic E-state index is 0.148. The molecule has 0 saturated carbocycles. The highest BCUT2D eigenvalue weighted by molar-refractivity contribution is 5.90. The average Bonchev–Trinajstić information content (AvgIpc) is 3.01. The van der Waals surface area contributed by atoms with Crippen molar-refractivity contribution in [2.75, 3.05) is 20.2 Å². The fourth-order valence-corrected chi connectivity index (χ4v) is 4.80. The van der Waals surface area contributed by atoms with Gasteiger partial charge in [-0.3, -0.25) is 9.69 Å². The first-order valence-corrected chi connectivity index (χ1v) is 14.0. The number of benzene rings is 4. The maximum Gasteiger partial charge on any atom is 0.338 e. The Balaban J connectivity index is 1.41. The van der Waals surface area contributed by atoms with Gasteiger partial charge < -0.3 is 14.6 Å². The summed E-state index contributed by atoms with van der Waals surface area (Å²) < 4.78 is 11.2. The van der Waals surface area contributed by atoms with Gasteiger partial charge in [-0.2, -0.15) is 0 Å². The molecule has 0 saturated heterocycles. The number of hydrogen-bond donors (Lipinski definition) is 1. The first-order chi connectivity index (χ1) is 20.0. The Morgan fingerprint density at radius 3 is 2.12 bits per heavy atom. The zero-order valence-corrected chi connectivity index (χ0v) is 23.5. The van der Waals surface area contributed by atoms with E-state index in [2.05, 4.69) is 47.4 Å². The molecular formula is C35H37NO5. The number of unbranched alkanes of at least 4 members (excludes halogenated alkanes) is 1. The number of aliphatic carboxylic acids is 1. The molecule has 212 valence electrons. The monoisotopic (exact) mass is 551 g/mol. The molecule has 0 amide bonds. The third-order valence-corrected chi connectivity index (χ3v) is 7.06. The summed E-state index contributed by atoms with van der Waals surface area (Å²) in [5.41, 5.74) is 6.00. The summed E-state index contributed by atoms with van der Waals surface area (Å²) in [4.78, 5) is 25.6. The van der Waals surface area contributed by atoms with Gasteiger partial charge in [0, 0.05) is 19.5 Å². The van der Waals surface area contributed by atoms with E-state index in [0.29, 0.717) is 25.1 Å². The van der Waals surface area contributed by atoms with Gasteiger partial charge in [-0.15, -0.1) is 0 Å². The fourth-order valence-electron chi connectivity index (χ4n) is 4.80. The van der Waals surface area contributed by atoms with Gasteiger partial charge >= 0.3 is 11.9 Å². The van der Waals surface area contributed by atoms with Gasteiger partial charge in [-0.05, 0) is 65.8 Å². The fraction of sp³-hybridized carbons (Fsp3) is 0.257. The molecule has 0 radical (unpaired) electrons. The average molecular weight is 552 g/mol. The van der Waals surface area contributed by atoms with E-state index >= 15 is 0 Å². The molecule has 6 heteroatoms. The lowest BCUT2D eigenvalue weighted by Gasteiger charge is -2.24. The summed E-state index contributed by atoms with van der Waals surface area (Å²) in [6.45, 7) is 2.49. The smallest absolute Gasteiger partial charge is 0.338 e. The van der Waals surface area contributed by atoms with Crippen LogP contribution in [0.15, 0.2) is 103 Å². The molecule has 4 rings (SSSR count). The van der Waals surface area contributed by atoms with Crippen LogP contribution in [0, 0.1) is 0 Å². The molecule has 4 aromatic rings. The van der Waals surface area contributed by atoms with Crippen LogP contribution in [0.1, 0.15) is 46.3 Å². The second-order valence-electron chi connectivity index (χ2n) is 9.99. The van der Waals surface area contributed by atoms with E-state index in [1.807, 2.05) is 54.6 Å². The van der Waals surface area contributed by atoms with Crippen molar-refractivity contribution in [3.05, 3.63) is 125 Å². The van der Waals surface area contributed by atoms with Crippen molar-refractivity contribution in [2.45, 2.75) is 38.8 Å². The highest BCUT2D eigenvalue weighted by Crippen LogP contribution is 2.23. The van der Waals surface area contributed by atoms with Gasteiger partial charge in [0.15, 0.2) is 0 Å². The predicted octanol–water partition coefficient (Wildman–Crippen LogP) is 7.02. The Morgan fingerprint density at radius 2 is 1.39 bits per heavy atom. The standard InChI is InChI=1S/C35H37NO5/c1-40-35(39)32-15-7-5-14-31(32)25-36(23-10-9-17-34(37)38)24-22-30-13-6-8-16-33(30)41-26-27-18-20-29(21-19-27)28-11-3-2-4-12-28/h2-8,11-16,18-21H,9-10,17,22-26H2,1H3,(H,37,38). The molecule has 0 unspecified atom stereocenters. The summed E-state index contributed by atoms with van der Waals surface area (Å²) in [5, 5.41) is 9.04.